The van der Waals surface area contributed by atoms with Gasteiger partial charge in [-0.2, -0.15) is 13.2 Å². The van der Waals surface area contributed by atoms with E-state index >= 15 is 0 Å². The molecule has 9 nitrogen and oxygen atoms in total. The number of hydrogen-bond acceptors (Lipinski definition) is 5. The van der Waals surface area contributed by atoms with E-state index in [0.29, 0.717) is 31.1 Å². The quantitative estimate of drug-likeness (QED) is 0.435. The molecular formula is C27H38F3N5O4. The summed E-state index contributed by atoms with van der Waals surface area (Å²) >= 11 is 0. The molecule has 0 radical (unpaired) electrons. The molecule has 2 aliphatic rings. The fourth-order valence-corrected chi connectivity index (χ4v) is 5.12. The van der Waals surface area contributed by atoms with E-state index in [4.69, 9.17) is 0 Å². The van der Waals surface area contributed by atoms with Gasteiger partial charge in [0.1, 0.15) is 18.1 Å². The molecule has 2 saturated heterocycles. The zero-order valence-corrected chi connectivity index (χ0v) is 22.6. The smallest absolute Gasteiger partial charge is 0.344 e. The standard InChI is InChI=1S/C27H38F3N5O4/c1-17(2)22(33-26(39)34-14-11-19(31-3)12-15-34)25(38)35-13-7-10-21(35)24(37)32-20(23(36)27(28,29)30)16-18-8-5-4-6-9-18/h4-6,8-9,17,19-22,31H,7,10-16H2,1-3H3,(H,32,37)(H,33,39)/t20?,21-,22-/m0/s1. The summed E-state index contributed by atoms with van der Waals surface area (Å²) in [6.07, 6.45) is -3.17. The topological polar surface area (TPSA) is 111 Å². The number of Topliss-reactive ketones (excluding diaryl/α,β-unsaturated/α-hetero) is 1. The van der Waals surface area contributed by atoms with Crippen molar-refractivity contribution in [3.8, 4) is 0 Å². The molecular weight excluding hydrogens is 515 g/mol. The molecule has 0 spiro atoms. The first-order valence-electron chi connectivity index (χ1n) is 13.4. The van der Waals surface area contributed by atoms with Gasteiger partial charge in [0.2, 0.25) is 11.8 Å². The Balaban J connectivity index is 1.70. The van der Waals surface area contributed by atoms with Crippen LogP contribution >= 0.6 is 0 Å². The van der Waals surface area contributed by atoms with Crippen molar-refractivity contribution in [2.75, 3.05) is 26.7 Å². The molecule has 1 aromatic rings. The third kappa shape index (κ3) is 7.93. The number of likely N-dealkylation sites (tertiary alicyclic amines) is 2. The van der Waals surface area contributed by atoms with Crippen molar-refractivity contribution in [1.29, 1.82) is 0 Å². The van der Waals surface area contributed by atoms with Crippen molar-refractivity contribution >= 4 is 23.6 Å². The minimum Gasteiger partial charge on any atom is -0.344 e. The molecule has 1 aromatic carbocycles. The predicted molar refractivity (Wildman–Crippen MR) is 139 cm³/mol. The van der Waals surface area contributed by atoms with E-state index in [-0.39, 0.29) is 31.3 Å². The van der Waals surface area contributed by atoms with E-state index in [9.17, 15) is 32.3 Å². The molecule has 3 N–H and O–H groups in total. The minimum absolute atomic E-state index is 0.222. The Kier molecular flexibility index (Phi) is 10.3. The Morgan fingerprint density at radius 2 is 1.62 bits per heavy atom. The molecule has 12 heteroatoms. The van der Waals surface area contributed by atoms with Gasteiger partial charge in [0.05, 0.1) is 0 Å². The molecule has 3 rings (SSSR count). The number of urea groups is 1. The Morgan fingerprint density at radius 3 is 2.18 bits per heavy atom. The maximum atomic E-state index is 13.5. The van der Waals surface area contributed by atoms with Crippen molar-refractivity contribution in [1.82, 2.24) is 25.8 Å². The molecule has 216 valence electrons. The highest BCUT2D eigenvalue weighted by Gasteiger charge is 2.46. The molecule has 2 heterocycles. The Hall–Kier alpha value is -3.15. The molecule has 1 unspecified atom stereocenters. The highest BCUT2D eigenvalue weighted by molar-refractivity contribution is 5.96. The normalized spacial score (nSPS) is 20.0. The predicted octanol–water partition coefficient (Wildman–Crippen LogP) is 2.25. The van der Waals surface area contributed by atoms with Crippen LogP contribution in [-0.2, 0) is 20.8 Å². The third-order valence-electron chi connectivity index (χ3n) is 7.44. The van der Waals surface area contributed by atoms with Crippen LogP contribution in [0.15, 0.2) is 30.3 Å². The van der Waals surface area contributed by atoms with Crippen LogP contribution in [0.5, 0.6) is 0 Å². The van der Waals surface area contributed by atoms with Crippen LogP contribution in [0.25, 0.3) is 0 Å². The van der Waals surface area contributed by atoms with Gasteiger partial charge in [0.15, 0.2) is 0 Å². The molecule has 0 aromatic heterocycles. The number of ketones is 1. The van der Waals surface area contributed by atoms with E-state index in [0.717, 1.165) is 12.8 Å². The maximum absolute atomic E-state index is 13.5. The maximum Gasteiger partial charge on any atom is 0.452 e. The molecule has 2 aliphatic heterocycles. The van der Waals surface area contributed by atoms with Crippen molar-refractivity contribution < 1.29 is 32.3 Å². The van der Waals surface area contributed by atoms with Crippen molar-refractivity contribution in [2.45, 2.75) is 76.3 Å². The van der Waals surface area contributed by atoms with Gasteiger partial charge >= 0.3 is 12.2 Å². The summed E-state index contributed by atoms with van der Waals surface area (Å²) in [7, 11) is 1.87. The second kappa shape index (κ2) is 13.3. The summed E-state index contributed by atoms with van der Waals surface area (Å²) < 4.78 is 40.0. The van der Waals surface area contributed by atoms with Crippen LogP contribution in [0.1, 0.15) is 45.1 Å². The molecule has 3 atom stereocenters. The Labute approximate surface area is 226 Å². The van der Waals surface area contributed by atoms with Gasteiger partial charge in [-0.15, -0.1) is 0 Å². The van der Waals surface area contributed by atoms with Crippen molar-refractivity contribution in [2.24, 2.45) is 5.92 Å². The average molecular weight is 554 g/mol. The number of rotatable bonds is 9. The molecule has 39 heavy (non-hydrogen) atoms. The SMILES string of the molecule is CNC1CCN(C(=O)N[C@H](C(=O)N2CCC[C@H]2C(=O)NC(Cc2ccccc2)C(=O)C(F)(F)F)C(C)C)CC1. The average Bonchev–Trinajstić information content (AvgIpc) is 3.40. The number of piperidine rings is 1. The fourth-order valence-electron chi connectivity index (χ4n) is 5.12. The van der Waals surface area contributed by atoms with Gasteiger partial charge in [0, 0.05) is 32.1 Å². The monoisotopic (exact) mass is 553 g/mol. The first-order valence-corrected chi connectivity index (χ1v) is 13.4. The van der Waals surface area contributed by atoms with Gasteiger partial charge in [-0.3, -0.25) is 14.4 Å². The van der Waals surface area contributed by atoms with Crippen LogP contribution < -0.4 is 16.0 Å². The second-order valence-electron chi connectivity index (χ2n) is 10.5. The molecule has 0 saturated carbocycles. The van der Waals surface area contributed by atoms with E-state index in [1.54, 1.807) is 49.1 Å². The van der Waals surface area contributed by atoms with Gasteiger partial charge in [-0.1, -0.05) is 44.2 Å². The lowest BCUT2D eigenvalue weighted by Crippen LogP contribution is -2.59. The Bertz CT molecular complexity index is 1010. The first kappa shape index (κ1) is 30.4. The molecule has 0 aliphatic carbocycles. The molecule has 4 amide bonds. The van der Waals surface area contributed by atoms with Crippen LogP contribution in [0, 0.1) is 5.92 Å². The lowest BCUT2D eigenvalue weighted by Gasteiger charge is -2.35. The van der Waals surface area contributed by atoms with Gasteiger partial charge in [0.25, 0.3) is 5.78 Å². The highest BCUT2D eigenvalue weighted by atomic mass is 19.4. The largest absolute Gasteiger partial charge is 0.452 e. The minimum atomic E-state index is -5.13. The zero-order chi connectivity index (χ0) is 28.7. The van der Waals surface area contributed by atoms with E-state index in [2.05, 4.69) is 16.0 Å². The lowest BCUT2D eigenvalue weighted by atomic mass is 10.0. The number of nitrogens with zero attached hydrogens (tertiary/aromatic N) is 2. The number of carbonyl (C=O) groups is 4. The van der Waals surface area contributed by atoms with Crippen LogP contribution in [0.2, 0.25) is 0 Å². The van der Waals surface area contributed by atoms with E-state index in [1.165, 1.54) is 4.90 Å². The van der Waals surface area contributed by atoms with Crippen molar-refractivity contribution in [3.05, 3.63) is 35.9 Å². The number of nitrogens with one attached hydrogen (secondary N) is 3. The number of alkyl halides is 3. The highest BCUT2D eigenvalue weighted by Crippen LogP contribution is 2.23. The second-order valence-corrected chi connectivity index (χ2v) is 10.5. The number of amides is 4. The van der Waals surface area contributed by atoms with Crippen LogP contribution in [0.4, 0.5) is 18.0 Å². The van der Waals surface area contributed by atoms with E-state index in [1.807, 2.05) is 7.05 Å². The summed E-state index contributed by atoms with van der Waals surface area (Å²) in [6.45, 7) is 4.86. The van der Waals surface area contributed by atoms with Gasteiger partial charge < -0.3 is 25.8 Å². The number of carbonyl (C=O) groups excluding carboxylic acids is 4. The zero-order valence-electron chi connectivity index (χ0n) is 22.6. The lowest BCUT2D eigenvalue weighted by molar-refractivity contribution is -0.173. The fraction of sp³-hybridized carbons (Fsp3) is 0.630. The summed E-state index contributed by atoms with van der Waals surface area (Å²) in [4.78, 5) is 54.8. The number of halogens is 3. The number of hydrogen-bond donors (Lipinski definition) is 3. The number of benzene rings is 1. The summed E-state index contributed by atoms with van der Waals surface area (Å²) in [5, 5.41) is 8.27. The summed E-state index contributed by atoms with van der Waals surface area (Å²) in [5.41, 5.74) is 0.459. The molecule has 0 bridgehead atoms. The van der Waals surface area contributed by atoms with Crippen molar-refractivity contribution in [3.63, 3.8) is 0 Å². The third-order valence-corrected chi connectivity index (χ3v) is 7.44. The Morgan fingerprint density at radius 1 is 0.974 bits per heavy atom. The van der Waals surface area contributed by atoms with Crippen LogP contribution in [-0.4, -0.2) is 90.5 Å². The summed E-state index contributed by atoms with van der Waals surface area (Å²) in [5.74, 6) is -3.63. The van der Waals surface area contributed by atoms with Gasteiger partial charge in [-0.25, -0.2) is 4.79 Å². The first-order chi connectivity index (χ1) is 18.4. The van der Waals surface area contributed by atoms with Gasteiger partial charge in [-0.05, 0) is 44.2 Å². The van der Waals surface area contributed by atoms with Crippen LogP contribution in [0.3, 0.4) is 0 Å². The van der Waals surface area contributed by atoms with E-state index < -0.39 is 41.9 Å². The molecule has 2 fully saturated rings. The summed E-state index contributed by atoms with van der Waals surface area (Å²) in [6, 6.07) is 4.30.